The molecule has 2 N–H and O–H groups in total. The van der Waals surface area contributed by atoms with Gasteiger partial charge in [-0.15, -0.1) is 0 Å². The van der Waals surface area contributed by atoms with Gasteiger partial charge in [-0.1, -0.05) is 78.9 Å². The van der Waals surface area contributed by atoms with E-state index in [4.69, 9.17) is 5.73 Å². The summed E-state index contributed by atoms with van der Waals surface area (Å²) >= 11 is 0. The quantitative estimate of drug-likeness (QED) is 0.392. The molecule has 34 heavy (non-hydrogen) atoms. The maximum Gasteiger partial charge on any atom is 0.284 e. The molecule has 5 aromatic rings. The first-order valence-corrected chi connectivity index (χ1v) is 12.2. The summed E-state index contributed by atoms with van der Waals surface area (Å²) < 4.78 is 28.3. The predicted molar refractivity (Wildman–Crippen MR) is 131 cm³/mol. The monoisotopic (exact) mass is 467 g/mol. The number of carbonyl (C=O) groups is 1. The molecular weight excluding hydrogens is 446 g/mol. The molecular formula is C27H21N3O3S. The zero-order valence-corrected chi connectivity index (χ0v) is 18.9. The molecule has 4 aromatic carbocycles. The van der Waals surface area contributed by atoms with Gasteiger partial charge in [0, 0.05) is 6.54 Å². The second-order valence-electron chi connectivity index (χ2n) is 7.89. The maximum atomic E-state index is 13.3. The number of benzene rings is 4. The molecule has 0 atom stereocenters. The van der Waals surface area contributed by atoms with Gasteiger partial charge < -0.3 is 10.3 Å². The van der Waals surface area contributed by atoms with E-state index in [1.54, 1.807) is 34.9 Å². The fraction of sp³-hybridized carbons (Fsp3) is 0.0370. The molecule has 0 aliphatic rings. The lowest BCUT2D eigenvalue weighted by Gasteiger charge is -2.10. The van der Waals surface area contributed by atoms with E-state index in [0.717, 1.165) is 16.7 Å². The fourth-order valence-corrected chi connectivity index (χ4v) is 5.46. The molecule has 0 aliphatic carbocycles. The summed E-state index contributed by atoms with van der Waals surface area (Å²) in [5.74, 6) is -0.710. The molecule has 1 aromatic heterocycles. The van der Waals surface area contributed by atoms with Crippen molar-refractivity contribution in [2.75, 3.05) is 0 Å². The number of sulfone groups is 1. The van der Waals surface area contributed by atoms with Crippen LogP contribution in [0.2, 0.25) is 0 Å². The molecule has 1 heterocycles. The topological polar surface area (TPSA) is 95.1 Å². The molecule has 0 saturated carbocycles. The van der Waals surface area contributed by atoms with E-state index >= 15 is 0 Å². The molecule has 6 nitrogen and oxygen atoms in total. The van der Waals surface area contributed by atoms with Crippen LogP contribution in [0.15, 0.2) is 113 Å². The Bertz CT molecular complexity index is 1590. The summed E-state index contributed by atoms with van der Waals surface area (Å²) in [4.78, 5) is 16.8. The van der Waals surface area contributed by atoms with Crippen LogP contribution in [-0.4, -0.2) is 23.9 Å². The zero-order chi connectivity index (χ0) is 23.7. The Kier molecular flexibility index (Phi) is 5.47. The molecule has 0 aliphatic heterocycles. The van der Waals surface area contributed by atoms with Gasteiger partial charge in [0.2, 0.25) is 9.84 Å². The van der Waals surface area contributed by atoms with E-state index in [1.165, 1.54) is 18.2 Å². The van der Waals surface area contributed by atoms with Gasteiger partial charge in [-0.05, 0) is 41.0 Å². The number of carbonyl (C=O) groups excluding carboxylic acids is 1. The molecule has 0 fully saturated rings. The minimum Gasteiger partial charge on any atom is -0.363 e. The van der Waals surface area contributed by atoms with Gasteiger partial charge in [0.15, 0.2) is 5.82 Å². The van der Waals surface area contributed by atoms with Crippen LogP contribution in [0, 0.1) is 0 Å². The number of para-hydroxylation sites is 1. The Hall–Kier alpha value is -4.23. The van der Waals surface area contributed by atoms with Gasteiger partial charge in [-0.3, -0.25) is 4.79 Å². The summed E-state index contributed by atoms with van der Waals surface area (Å²) in [5.41, 5.74) is 9.49. The molecule has 5 rings (SSSR count). The van der Waals surface area contributed by atoms with Crippen LogP contribution in [-0.2, 0) is 16.4 Å². The Morgan fingerprint density at radius 3 is 2.03 bits per heavy atom. The number of hydrogen-bond acceptors (Lipinski definition) is 4. The van der Waals surface area contributed by atoms with Crippen molar-refractivity contribution in [3.05, 3.63) is 115 Å². The first-order valence-electron chi connectivity index (χ1n) is 10.7. The van der Waals surface area contributed by atoms with Crippen molar-refractivity contribution < 1.29 is 13.2 Å². The number of nitrogens with zero attached hydrogens (tertiary/aromatic N) is 2. The summed E-state index contributed by atoms with van der Waals surface area (Å²) in [5, 5.41) is 0. The fourth-order valence-electron chi connectivity index (χ4n) is 4.03. The Balaban J connectivity index is 1.59. The number of imidazole rings is 1. The highest BCUT2D eigenvalue weighted by Crippen LogP contribution is 2.29. The van der Waals surface area contributed by atoms with Crippen LogP contribution in [0.5, 0.6) is 0 Å². The largest absolute Gasteiger partial charge is 0.363 e. The molecule has 0 saturated heterocycles. The van der Waals surface area contributed by atoms with E-state index in [0.29, 0.717) is 12.1 Å². The van der Waals surface area contributed by atoms with Crippen molar-refractivity contribution in [3.63, 3.8) is 0 Å². The van der Waals surface area contributed by atoms with Crippen molar-refractivity contribution in [3.8, 4) is 11.1 Å². The molecule has 0 spiro atoms. The van der Waals surface area contributed by atoms with Crippen molar-refractivity contribution in [2.45, 2.75) is 16.3 Å². The van der Waals surface area contributed by atoms with Crippen molar-refractivity contribution in [1.82, 2.24) is 9.55 Å². The van der Waals surface area contributed by atoms with Crippen LogP contribution < -0.4 is 5.73 Å². The Morgan fingerprint density at radius 2 is 1.38 bits per heavy atom. The number of aromatic nitrogens is 2. The second kappa shape index (κ2) is 8.61. The lowest BCUT2D eigenvalue weighted by molar-refractivity contribution is 0.0987. The van der Waals surface area contributed by atoms with E-state index in [1.807, 2.05) is 54.6 Å². The van der Waals surface area contributed by atoms with Gasteiger partial charge in [-0.2, -0.15) is 0 Å². The standard InChI is InChI=1S/C27H21N3O3S/c28-26(31)27-29-25-23(12-7-13-24(25)34(32,33)22-10-5-2-6-11-22)30(27)18-19-14-16-21(17-15-19)20-8-3-1-4-9-20/h1-17H,18H2,(H2,28,31). The highest BCUT2D eigenvalue weighted by atomic mass is 32.2. The number of primary amides is 1. The highest BCUT2D eigenvalue weighted by Gasteiger charge is 2.25. The molecule has 0 bridgehead atoms. The number of nitrogens with two attached hydrogens (primary N) is 1. The average Bonchev–Trinajstić information content (AvgIpc) is 3.24. The number of fused-ring (bicyclic) bond motifs is 1. The van der Waals surface area contributed by atoms with Crippen LogP contribution in [0.4, 0.5) is 0 Å². The highest BCUT2D eigenvalue weighted by molar-refractivity contribution is 7.91. The van der Waals surface area contributed by atoms with Gasteiger partial charge in [0.25, 0.3) is 5.91 Å². The maximum absolute atomic E-state index is 13.3. The third kappa shape index (κ3) is 3.86. The smallest absolute Gasteiger partial charge is 0.284 e. The Labute approximate surface area is 197 Å². The molecule has 1 amide bonds. The van der Waals surface area contributed by atoms with E-state index in [-0.39, 0.29) is 21.1 Å². The SMILES string of the molecule is NC(=O)c1nc2c(S(=O)(=O)c3ccccc3)cccc2n1Cc1ccc(-c2ccccc2)cc1. The third-order valence-electron chi connectivity index (χ3n) is 5.71. The summed E-state index contributed by atoms with van der Waals surface area (Å²) in [6.45, 7) is 0.318. The number of amides is 1. The summed E-state index contributed by atoms with van der Waals surface area (Å²) in [6.07, 6.45) is 0. The van der Waals surface area contributed by atoms with Crippen LogP contribution in [0.1, 0.15) is 16.2 Å². The molecule has 0 radical (unpaired) electrons. The van der Waals surface area contributed by atoms with Crippen LogP contribution in [0.25, 0.3) is 22.2 Å². The normalized spacial score (nSPS) is 11.5. The lowest BCUT2D eigenvalue weighted by Crippen LogP contribution is -2.18. The number of rotatable bonds is 6. The first-order chi connectivity index (χ1) is 16.4. The predicted octanol–water partition coefficient (Wildman–Crippen LogP) is 4.68. The third-order valence-corrected chi connectivity index (χ3v) is 7.51. The minimum atomic E-state index is -3.83. The van der Waals surface area contributed by atoms with Crippen molar-refractivity contribution in [1.29, 1.82) is 0 Å². The van der Waals surface area contributed by atoms with E-state index in [2.05, 4.69) is 4.98 Å². The van der Waals surface area contributed by atoms with Crippen LogP contribution >= 0.6 is 0 Å². The Morgan fingerprint density at radius 1 is 0.765 bits per heavy atom. The minimum absolute atomic E-state index is 0.0119. The van der Waals surface area contributed by atoms with Crippen molar-refractivity contribution in [2.24, 2.45) is 5.73 Å². The van der Waals surface area contributed by atoms with Crippen molar-refractivity contribution >= 4 is 26.8 Å². The summed E-state index contributed by atoms with van der Waals surface area (Å²) in [6, 6.07) is 31.1. The molecule has 168 valence electrons. The molecule has 0 unspecified atom stereocenters. The van der Waals surface area contributed by atoms with Gasteiger partial charge in [0.1, 0.15) is 5.52 Å². The second-order valence-corrected chi connectivity index (χ2v) is 9.81. The first kappa shape index (κ1) is 21.6. The van der Waals surface area contributed by atoms with E-state index in [9.17, 15) is 13.2 Å². The number of hydrogen-bond donors (Lipinski definition) is 1. The summed E-state index contributed by atoms with van der Waals surface area (Å²) in [7, 11) is -3.83. The van der Waals surface area contributed by atoms with Gasteiger partial charge >= 0.3 is 0 Å². The molecule has 7 heteroatoms. The van der Waals surface area contributed by atoms with Gasteiger partial charge in [0.05, 0.1) is 15.3 Å². The zero-order valence-electron chi connectivity index (χ0n) is 18.1. The van der Waals surface area contributed by atoms with Gasteiger partial charge in [-0.25, -0.2) is 13.4 Å². The average molecular weight is 468 g/mol. The van der Waals surface area contributed by atoms with Crippen LogP contribution in [0.3, 0.4) is 0 Å². The van der Waals surface area contributed by atoms with E-state index < -0.39 is 15.7 Å². The lowest BCUT2D eigenvalue weighted by atomic mass is 10.0.